The van der Waals surface area contributed by atoms with Crippen LogP contribution in [0.5, 0.6) is 0 Å². The number of non-ortho nitro benzene ring substituents is 1. The molecule has 0 saturated carbocycles. The van der Waals surface area contributed by atoms with E-state index in [1.165, 1.54) is 23.9 Å². The smallest absolute Gasteiger partial charge is 0.269 e. The van der Waals surface area contributed by atoms with E-state index in [0.717, 1.165) is 11.3 Å². The SMILES string of the molecule is Cc1c(Cl)cccc1N1CSC2=C(C#N)[C@@H](c3cccc([N+](=O)[O-])c3)CC(=O)N2C1. The van der Waals surface area contributed by atoms with Gasteiger partial charge in [0, 0.05) is 35.2 Å². The zero-order valence-electron chi connectivity index (χ0n) is 16.0. The first-order valence-corrected chi connectivity index (χ1v) is 10.6. The maximum absolute atomic E-state index is 13.0. The van der Waals surface area contributed by atoms with Crippen LogP contribution in [0.25, 0.3) is 0 Å². The Balaban J connectivity index is 1.69. The molecular formula is C21H17ClN4O3S. The molecule has 0 aliphatic carbocycles. The number of nitrogens with zero attached hydrogens (tertiary/aromatic N) is 4. The number of thioether (sulfide) groups is 1. The molecule has 2 aromatic rings. The highest BCUT2D eigenvalue weighted by atomic mass is 35.5. The maximum Gasteiger partial charge on any atom is 0.269 e. The standard InChI is InChI=1S/C21H17ClN4O3S/c1-13-18(22)6-3-7-19(13)24-11-25-20(27)9-16(17(10-23)21(25)30-12-24)14-4-2-5-15(8-14)26(28)29/h2-8,16H,9,11-12H2,1H3/t16-/m1/s1. The molecule has 2 aliphatic heterocycles. The second-order valence-electron chi connectivity index (χ2n) is 7.10. The first kappa shape index (κ1) is 20.3. The summed E-state index contributed by atoms with van der Waals surface area (Å²) in [6, 6.07) is 14.1. The van der Waals surface area contributed by atoms with Gasteiger partial charge in [-0.1, -0.05) is 41.6 Å². The molecule has 0 aromatic heterocycles. The monoisotopic (exact) mass is 440 g/mol. The van der Waals surface area contributed by atoms with Gasteiger partial charge in [0.2, 0.25) is 5.91 Å². The lowest BCUT2D eigenvalue weighted by Crippen LogP contribution is -2.47. The minimum atomic E-state index is -0.486. The third-order valence-corrected chi connectivity index (χ3v) is 6.92. The van der Waals surface area contributed by atoms with Gasteiger partial charge in [0.15, 0.2) is 0 Å². The summed E-state index contributed by atoms with van der Waals surface area (Å²) in [7, 11) is 0. The number of nitro benzene ring substituents is 1. The molecule has 0 bridgehead atoms. The van der Waals surface area contributed by atoms with E-state index in [9.17, 15) is 20.2 Å². The van der Waals surface area contributed by atoms with Crippen molar-refractivity contribution < 1.29 is 9.72 Å². The van der Waals surface area contributed by atoms with E-state index in [1.54, 1.807) is 17.0 Å². The first-order valence-electron chi connectivity index (χ1n) is 9.22. The number of amides is 1. The van der Waals surface area contributed by atoms with Crippen molar-refractivity contribution in [2.75, 3.05) is 17.4 Å². The van der Waals surface area contributed by atoms with Crippen LogP contribution < -0.4 is 4.90 Å². The highest BCUT2D eigenvalue weighted by molar-refractivity contribution is 8.03. The van der Waals surface area contributed by atoms with Crippen LogP contribution in [0, 0.1) is 28.4 Å². The molecule has 1 fully saturated rings. The van der Waals surface area contributed by atoms with Crippen molar-refractivity contribution >= 4 is 40.6 Å². The number of anilines is 1. The lowest BCUT2D eigenvalue weighted by molar-refractivity contribution is -0.384. The summed E-state index contributed by atoms with van der Waals surface area (Å²) in [5, 5.41) is 22.3. The van der Waals surface area contributed by atoms with E-state index in [0.29, 0.717) is 33.7 Å². The summed E-state index contributed by atoms with van der Waals surface area (Å²) >= 11 is 7.67. The zero-order valence-corrected chi connectivity index (χ0v) is 17.6. The number of carbonyl (C=O) groups excluding carboxylic acids is 1. The Morgan fingerprint density at radius 1 is 1.30 bits per heavy atom. The van der Waals surface area contributed by atoms with E-state index < -0.39 is 10.8 Å². The minimum Gasteiger partial charge on any atom is -0.343 e. The van der Waals surface area contributed by atoms with Crippen molar-refractivity contribution in [3.05, 3.63) is 79.3 Å². The molecule has 1 atom stereocenters. The van der Waals surface area contributed by atoms with Crippen LogP contribution in [0.3, 0.4) is 0 Å². The Morgan fingerprint density at radius 3 is 2.80 bits per heavy atom. The number of hydrogen-bond donors (Lipinski definition) is 0. The second kappa shape index (κ2) is 8.01. The molecule has 7 nitrogen and oxygen atoms in total. The van der Waals surface area contributed by atoms with Crippen LogP contribution in [0.15, 0.2) is 53.1 Å². The van der Waals surface area contributed by atoms with Gasteiger partial charge in [-0.3, -0.25) is 19.8 Å². The normalized spacial score (nSPS) is 18.8. The zero-order chi connectivity index (χ0) is 21.4. The molecule has 0 radical (unpaired) electrons. The summed E-state index contributed by atoms with van der Waals surface area (Å²) < 4.78 is 0. The number of carbonyl (C=O) groups is 1. The molecule has 1 amide bonds. The predicted molar refractivity (Wildman–Crippen MR) is 116 cm³/mol. The highest BCUT2D eigenvalue weighted by Gasteiger charge is 2.38. The number of hydrogen-bond acceptors (Lipinski definition) is 6. The third kappa shape index (κ3) is 3.51. The summed E-state index contributed by atoms with van der Waals surface area (Å²) in [5.41, 5.74) is 2.91. The number of nitro groups is 1. The fourth-order valence-corrected chi connectivity index (χ4v) is 5.12. The second-order valence-corrected chi connectivity index (χ2v) is 8.44. The minimum absolute atomic E-state index is 0.0522. The number of fused-ring (bicyclic) bond motifs is 1. The molecule has 9 heteroatoms. The van der Waals surface area contributed by atoms with Crippen molar-refractivity contribution in [2.24, 2.45) is 0 Å². The summed E-state index contributed by atoms with van der Waals surface area (Å²) in [6.07, 6.45) is 0.0937. The molecule has 30 heavy (non-hydrogen) atoms. The van der Waals surface area contributed by atoms with Crippen molar-refractivity contribution in [2.45, 2.75) is 19.3 Å². The summed E-state index contributed by atoms with van der Waals surface area (Å²) in [5.74, 6) is -0.0364. The van der Waals surface area contributed by atoms with E-state index >= 15 is 0 Å². The quantitative estimate of drug-likeness (QED) is 0.504. The Kier molecular flexibility index (Phi) is 5.41. The van der Waals surface area contributed by atoms with Crippen molar-refractivity contribution in [1.82, 2.24) is 4.90 Å². The van der Waals surface area contributed by atoms with Gasteiger partial charge < -0.3 is 4.90 Å². The average molecular weight is 441 g/mol. The van der Waals surface area contributed by atoms with Crippen LogP contribution in [0.1, 0.15) is 23.5 Å². The Bertz CT molecular complexity index is 1130. The van der Waals surface area contributed by atoms with Crippen molar-refractivity contribution in [3.63, 3.8) is 0 Å². The van der Waals surface area contributed by atoms with E-state index in [-0.39, 0.29) is 18.0 Å². The molecule has 0 N–H and O–H groups in total. The van der Waals surface area contributed by atoms with Crippen LogP contribution in [-0.4, -0.2) is 28.3 Å². The van der Waals surface area contributed by atoms with Crippen LogP contribution in [0.4, 0.5) is 11.4 Å². The van der Waals surface area contributed by atoms with Gasteiger partial charge in [-0.05, 0) is 30.2 Å². The summed E-state index contributed by atoms with van der Waals surface area (Å²) in [6.45, 7) is 2.26. The Labute approximate surface area is 182 Å². The fraction of sp³-hybridized carbons (Fsp3) is 0.238. The maximum atomic E-state index is 13.0. The van der Waals surface area contributed by atoms with Crippen LogP contribution in [0.2, 0.25) is 5.02 Å². The average Bonchev–Trinajstić information content (AvgIpc) is 2.75. The molecule has 0 unspecified atom stereocenters. The third-order valence-electron chi connectivity index (χ3n) is 5.36. The van der Waals surface area contributed by atoms with Gasteiger partial charge >= 0.3 is 0 Å². The lowest BCUT2D eigenvalue weighted by Gasteiger charge is -2.42. The van der Waals surface area contributed by atoms with Gasteiger partial charge in [0.25, 0.3) is 5.69 Å². The molecule has 2 heterocycles. The number of allylic oxidation sites excluding steroid dienone is 1. The topological polar surface area (TPSA) is 90.5 Å². The van der Waals surface area contributed by atoms with Gasteiger partial charge in [0.1, 0.15) is 0 Å². The Hall–Kier alpha value is -3.02. The van der Waals surface area contributed by atoms with Gasteiger partial charge in [-0.2, -0.15) is 5.26 Å². The van der Waals surface area contributed by atoms with E-state index in [2.05, 4.69) is 11.0 Å². The molecule has 2 aliphatic rings. The van der Waals surface area contributed by atoms with E-state index in [1.807, 2.05) is 25.1 Å². The van der Waals surface area contributed by atoms with Crippen LogP contribution >= 0.6 is 23.4 Å². The molecule has 152 valence electrons. The fourth-order valence-electron chi connectivity index (χ4n) is 3.79. The largest absolute Gasteiger partial charge is 0.343 e. The number of benzene rings is 2. The summed E-state index contributed by atoms with van der Waals surface area (Å²) in [4.78, 5) is 27.3. The molecule has 2 aromatic carbocycles. The molecular weight excluding hydrogens is 424 g/mol. The highest BCUT2D eigenvalue weighted by Crippen LogP contribution is 2.44. The van der Waals surface area contributed by atoms with Gasteiger partial charge in [-0.25, -0.2) is 0 Å². The van der Waals surface area contributed by atoms with E-state index in [4.69, 9.17) is 11.6 Å². The van der Waals surface area contributed by atoms with Gasteiger partial charge in [0.05, 0.1) is 34.1 Å². The number of nitriles is 1. The molecule has 4 rings (SSSR count). The first-order chi connectivity index (χ1) is 14.4. The molecule has 1 saturated heterocycles. The number of rotatable bonds is 3. The van der Waals surface area contributed by atoms with Crippen molar-refractivity contribution in [1.29, 1.82) is 5.26 Å². The van der Waals surface area contributed by atoms with Crippen LogP contribution in [-0.2, 0) is 4.79 Å². The van der Waals surface area contributed by atoms with Gasteiger partial charge in [-0.15, -0.1) is 0 Å². The van der Waals surface area contributed by atoms with Crippen molar-refractivity contribution in [3.8, 4) is 6.07 Å². The lowest BCUT2D eigenvalue weighted by atomic mass is 9.86. The molecule has 0 spiro atoms. The number of halogens is 1. The predicted octanol–water partition coefficient (Wildman–Crippen LogP) is 4.78. The Morgan fingerprint density at radius 2 is 2.07 bits per heavy atom.